The smallest absolute Gasteiger partial charge is 0.274 e. The molecule has 0 spiro atoms. The molecule has 0 N–H and O–H groups in total. The Hall–Kier alpha value is -2.56. The number of benzene rings is 2. The highest BCUT2D eigenvalue weighted by molar-refractivity contribution is 7.89. The van der Waals surface area contributed by atoms with E-state index in [1.165, 1.54) is 35.9 Å². The molecule has 1 aliphatic rings. The zero-order valence-corrected chi connectivity index (χ0v) is 19.2. The van der Waals surface area contributed by atoms with Crippen molar-refractivity contribution in [3.05, 3.63) is 36.4 Å². The molecule has 0 bridgehead atoms. The Bertz CT molecular complexity index is 1170. The molecule has 0 amide bonds. The largest absolute Gasteiger partial charge is 0.497 e. The van der Waals surface area contributed by atoms with Crippen LogP contribution in [0.3, 0.4) is 0 Å². The maximum Gasteiger partial charge on any atom is 0.274 e. The van der Waals surface area contributed by atoms with Gasteiger partial charge in [-0.1, -0.05) is 11.3 Å². The summed E-state index contributed by atoms with van der Waals surface area (Å²) < 4.78 is 50.6. The molecule has 1 fully saturated rings. The van der Waals surface area contributed by atoms with Crippen LogP contribution in [0.1, 0.15) is 12.8 Å². The van der Waals surface area contributed by atoms with Crippen molar-refractivity contribution in [2.45, 2.75) is 23.8 Å². The Morgan fingerprint density at radius 1 is 0.968 bits per heavy atom. The van der Waals surface area contributed by atoms with Gasteiger partial charge in [0.1, 0.15) is 28.2 Å². The molecule has 1 saturated heterocycles. The minimum absolute atomic E-state index is 0.0962. The number of piperidine rings is 1. The van der Waals surface area contributed by atoms with Gasteiger partial charge >= 0.3 is 0 Å². The Labute approximate surface area is 185 Å². The van der Waals surface area contributed by atoms with Gasteiger partial charge in [0.05, 0.1) is 31.5 Å². The molecule has 8 nitrogen and oxygen atoms in total. The average molecular weight is 465 g/mol. The second-order valence-electron chi connectivity index (χ2n) is 7.05. The molecule has 10 heteroatoms. The van der Waals surface area contributed by atoms with Crippen molar-refractivity contribution in [1.82, 2.24) is 9.29 Å². The van der Waals surface area contributed by atoms with Crippen LogP contribution >= 0.6 is 11.3 Å². The number of methoxy groups -OCH3 is 3. The highest BCUT2D eigenvalue weighted by Crippen LogP contribution is 2.34. The van der Waals surface area contributed by atoms with Crippen molar-refractivity contribution in [2.75, 3.05) is 34.4 Å². The van der Waals surface area contributed by atoms with E-state index in [-0.39, 0.29) is 11.0 Å². The van der Waals surface area contributed by atoms with Gasteiger partial charge in [0.15, 0.2) is 0 Å². The monoisotopic (exact) mass is 464 g/mol. The minimum Gasteiger partial charge on any atom is -0.497 e. The lowest BCUT2D eigenvalue weighted by Gasteiger charge is -2.31. The SMILES string of the molecule is COc1ccc(OC)c(S(=O)(=O)N2CCC(Oc3nc4ccc(OC)cc4s3)CC2)c1. The number of ether oxygens (including phenoxy) is 4. The summed E-state index contributed by atoms with van der Waals surface area (Å²) in [5.41, 5.74) is 0.853. The molecule has 0 radical (unpaired) electrons. The molecule has 0 aliphatic carbocycles. The third-order valence-electron chi connectivity index (χ3n) is 5.23. The Morgan fingerprint density at radius 2 is 1.65 bits per heavy atom. The lowest BCUT2D eigenvalue weighted by atomic mass is 10.1. The van der Waals surface area contributed by atoms with Crippen LogP contribution in [0.25, 0.3) is 10.2 Å². The third kappa shape index (κ3) is 4.41. The Morgan fingerprint density at radius 3 is 2.32 bits per heavy atom. The fraction of sp³-hybridized carbons (Fsp3) is 0.381. The number of thiazole rings is 1. The molecule has 4 rings (SSSR count). The summed E-state index contributed by atoms with van der Waals surface area (Å²) in [5.74, 6) is 1.53. The van der Waals surface area contributed by atoms with Gasteiger partial charge in [0.25, 0.3) is 5.19 Å². The summed E-state index contributed by atoms with van der Waals surface area (Å²) >= 11 is 1.46. The van der Waals surface area contributed by atoms with E-state index < -0.39 is 10.0 Å². The van der Waals surface area contributed by atoms with Crippen LogP contribution in [0.5, 0.6) is 22.4 Å². The summed E-state index contributed by atoms with van der Waals surface area (Å²) in [5, 5.41) is 0.582. The summed E-state index contributed by atoms with van der Waals surface area (Å²) in [6, 6.07) is 10.5. The van der Waals surface area contributed by atoms with Crippen LogP contribution in [0, 0.1) is 0 Å². The first kappa shape index (κ1) is 21.7. The summed E-state index contributed by atoms with van der Waals surface area (Å²) in [4.78, 5) is 4.62. The van der Waals surface area contributed by atoms with Crippen molar-refractivity contribution in [3.8, 4) is 22.4 Å². The zero-order valence-electron chi connectivity index (χ0n) is 17.5. The second kappa shape index (κ2) is 8.89. The van der Waals surface area contributed by atoms with Crippen LogP contribution in [0.15, 0.2) is 41.3 Å². The molecular formula is C21H24N2O6S2. The van der Waals surface area contributed by atoms with E-state index in [1.54, 1.807) is 19.2 Å². The van der Waals surface area contributed by atoms with E-state index in [1.807, 2.05) is 18.2 Å². The summed E-state index contributed by atoms with van der Waals surface area (Å²) in [6.45, 7) is 0.707. The van der Waals surface area contributed by atoms with Crippen molar-refractivity contribution in [3.63, 3.8) is 0 Å². The predicted molar refractivity (Wildman–Crippen MR) is 118 cm³/mol. The van der Waals surface area contributed by atoms with Gasteiger partial charge in [-0.2, -0.15) is 4.31 Å². The summed E-state index contributed by atoms with van der Waals surface area (Å²) in [6.07, 6.45) is 1.05. The molecule has 3 aromatic rings. The van der Waals surface area contributed by atoms with E-state index in [0.29, 0.717) is 42.6 Å². The van der Waals surface area contributed by atoms with Gasteiger partial charge in [-0.25, -0.2) is 13.4 Å². The Kier molecular flexibility index (Phi) is 6.22. The van der Waals surface area contributed by atoms with E-state index in [9.17, 15) is 8.42 Å². The molecule has 2 aromatic carbocycles. The summed E-state index contributed by atoms with van der Waals surface area (Å²) in [7, 11) is 0.864. The van der Waals surface area contributed by atoms with Crippen LogP contribution in [0.4, 0.5) is 0 Å². The van der Waals surface area contributed by atoms with Crippen LogP contribution < -0.4 is 18.9 Å². The van der Waals surface area contributed by atoms with Gasteiger partial charge < -0.3 is 18.9 Å². The molecule has 2 heterocycles. The maximum absolute atomic E-state index is 13.2. The molecule has 1 aliphatic heterocycles. The van der Waals surface area contributed by atoms with Crippen molar-refractivity contribution in [2.24, 2.45) is 0 Å². The Balaban J connectivity index is 1.45. The second-order valence-corrected chi connectivity index (χ2v) is 9.95. The lowest BCUT2D eigenvalue weighted by Crippen LogP contribution is -2.41. The number of nitrogens with zero attached hydrogens (tertiary/aromatic N) is 2. The molecular weight excluding hydrogens is 440 g/mol. The predicted octanol–water partition coefficient (Wildman–Crippen LogP) is 3.55. The van der Waals surface area contributed by atoms with Crippen molar-refractivity contribution >= 4 is 31.6 Å². The normalized spacial score (nSPS) is 15.7. The molecule has 0 atom stereocenters. The van der Waals surface area contributed by atoms with Gasteiger partial charge in [-0.3, -0.25) is 0 Å². The number of fused-ring (bicyclic) bond motifs is 1. The maximum atomic E-state index is 13.2. The lowest BCUT2D eigenvalue weighted by molar-refractivity contribution is 0.135. The first-order chi connectivity index (χ1) is 14.9. The van der Waals surface area contributed by atoms with Gasteiger partial charge in [-0.05, 0) is 43.2 Å². The standard InChI is InChI=1S/C21H24N2O6S2/c1-26-15-4-6-17-19(12-15)30-21(22-17)29-14-8-10-23(11-9-14)31(24,25)20-13-16(27-2)5-7-18(20)28-3/h4-7,12-14H,8-11H2,1-3H3. The van der Waals surface area contributed by atoms with Crippen molar-refractivity contribution in [1.29, 1.82) is 0 Å². The highest BCUT2D eigenvalue weighted by Gasteiger charge is 2.33. The third-order valence-corrected chi connectivity index (χ3v) is 8.06. The van der Waals surface area contributed by atoms with Crippen LogP contribution in [-0.2, 0) is 10.0 Å². The molecule has 0 saturated carbocycles. The molecule has 0 unspecified atom stereocenters. The number of hydrogen-bond donors (Lipinski definition) is 0. The molecule has 166 valence electrons. The minimum atomic E-state index is -3.72. The van der Waals surface area contributed by atoms with Crippen molar-refractivity contribution < 1.29 is 27.4 Å². The van der Waals surface area contributed by atoms with E-state index >= 15 is 0 Å². The highest BCUT2D eigenvalue weighted by atomic mass is 32.2. The first-order valence-electron chi connectivity index (χ1n) is 9.78. The molecule has 31 heavy (non-hydrogen) atoms. The molecule has 1 aromatic heterocycles. The first-order valence-corrected chi connectivity index (χ1v) is 12.0. The van der Waals surface area contributed by atoms with Gasteiger partial charge in [0, 0.05) is 19.2 Å². The topological polar surface area (TPSA) is 87.2 Å². The van der Waals surface area contributed by atoms with Crippen LogP contribution in [0.2, 0.25) is 0 Å². The quantitative estimate of drug-likeness (QED) is 0.528. The van der Waals surface area contributed by atoms with E-state index in [0.717, 1.165) is 16.0 Å². The number of sulfonamides is 1. The number of aromatic nitrogens is 1. The van der Waals surface area contributed by atoms with E-state index in [2.05, 4.69) is 4.98 Å². The number of hydrogen-bond acceptors (Lipinski definition) is 8. The zero-order chi connectivity index (χ0) is 22.0. The fourth-order valence-corrected chi connectivity index (χ4v) is 6.07. The number of rotatable bonds is 7. The van der Waals surface area contributed by atoms with Crippen LogP contribution in [-0.4, -0.2) is 58.2 Å². The average Bonchev–Trinajstić information content (AvgIpc) is 3.20. The van der Waals surface area contributed by atoms with Gasteiger partial charge in [0.2, 0.25) is 10.0 Å². The van der Waals surface area contributed by atoms with E-state index in [4.69, 9.17) is 18.9 Å². The van der Waals surface area contributed by atoms with Gasteiger partial charge in [-0.15, -0.1) is 0 Å². The fourth-order valence-electron chi connectivity index (χ4n) is 3.52.